The van der Waals surface area contributed by atoms with Crippen LogP contribution in [-0.2, 0) is 13.3 Å². The summed E-state index contributed by atoms with van der Waals surface area (Å²) in [5.41, 5.74) is 0. The highest BCUT2D eigenvalue weighted by molar-refractivity contribution is 6.60. The van der Waals surface area contributed by atoms with Crippen LogP contribution in [0.5, 0.6) is 0 Å². The van der Waals surface area contributed by atoms with Gasteiger partial charge in [-0.3, -0.25) is 4.39 Å². The Labute approximate surface area is 99.6 Å². The Bertz CT molecular complexity index is 141. The molecule has 0 heterocycles. The molecule has 0 amide bonds. The molecule has 0 aliphatic carbocycles. The number of hydrogen-bond acceptors (Lipinski definition) is 3. The number of unbranched alkanes of at least 4 members (excludes halogenated alkanes) is 2. The molecule has 0 aromatic heterocycles. The maximum absolute atomic E-state index is 12.0. The van der Waals surface area contributed by atoms with E-state index in [2.05, 4.69) is 0 Å². The third-order valence-electron chi connectivity index (χ3n) is 2.21. The second-order valence-corrected chi connectivity index (χ2v) is 6.21. The van der Waals surface area contributed by atoms with Gasteiger partial charge in [0.1, 0.15) is 0 Å². The van der Waals surface area contributed by atoms with E-state index in [0.29, 0.717) is 26.2 Å². The van der Waals surface area contributed by atoms with E-state index in [0.717, 1.165) is 18.9 Å². The van der Waals surface area contributed by atoms with Gasteiger partial charge in [0.15, 0.2) is 0 Å². The minimum Gasteiger partial charge on any atom is -0.374 e. The molecule has 3 nitrogen and oxygen atoms in total. The Morgan fingerprint density at radius 2 is 1.31 bits per heavy atom. The van der Waals surface area contributed by atoms with Gasteiger partial charge in [-0.05, 0) is 33.6 Å². The molecule has 0 aliphatic heterocycles. The molecule has 16 heavy (non-hydrogen) atoms. The molecule has 0 bridgehead atoms. The number of alkyl halides is 1. The van der Waals surface area contributed by atoms with Crippen molar-refractivity contribution in [2.45, 2.75) is 46.1 Å². The first-order chi connectivity index (χ1) is 7.74. The predicted molar refractivity (Wildman–Crippen MR) is 65.3 cm³/mol. The molecule has 0 fully saturated rings. The van der Waals surface area contributed by atoms with Crippen LogP contribution in [0.15, 0.2) is 0 Å². The normalized spacial score (nSPS) is 12.0. The Hall–Kier alpha value is 0.0269. The number of halogens is 1. The average Bonchev–Trinajstić information content (AvgIpc) is 2.26. The Morgan fingerprint density at radius 3 is 1.69 bits per heavy atom. The van der Waals surface area contributed by atoms with Crippen molar-refractivity contribution in [1.29, 1.82) is 0 Å². The van der Waals surface area contributed by atoms with Crippen molar-refractivity contribution in [2.75, 3.05) is 26.5 Å². The summed E-state index contributed by atoms with van der Waals surface area (Å²) in [4.78, 5) is 0. The standard InChI is InChI=1S/C11H25FO3Si/c1-4-13-16(14-5-2,15-6-3)11-9-7-8-10-12/h4-11H2,1-3H3. The van der Waals surface area contributed by atoms with E-state index in [1.54, 1.807) is 0 Å². The van der Waals surface area contributed by atoms with Gasteiger partial charge in [-0.2, -0.15) is 0 Å². The van der Waals surface area contributed by atoms with Crippen LogP contribution in [0.2, 0.25) is 6.04 Å². The summed E-state index contributed by atoms with van der Waals surface area (Å²) in [5.74, 6) is 0. The maximum Gasteiger partial charge on any atom is 0.500 e. The Kier molecular flexibility index (Phi) is 10.2. The van der Waals surface area contributed by atoms with Crippen molar-refractivity contribution in [3.8, 4) is 0 Å². The lowest BCUT2D eigenvalue weighted by molar-refractivity contribution is 0.0706. The summed E-state index contributed by atoms with van der Waals surface area (Å²) in [6, 6.07) is 0.794. The highest BCUT2D eigenvalue weighted by Crippen LogP contribution is 2.19. The van der Waals surface area contributed by atoms with Crippen LogP contribution < -0.4 is 0 Å². The zero-order valence-corrected chi connectivity index (χ0v) is 11.8. The van der Waals surface area contributed by atoms with Crippen LogP contribution >= 0.6 is 0 Å². The zero-order chi connectivity index (χ0) is 12.3. The molecule has 0 rings (SSSR count). The highest BCUT2D eigenvalue weighted by atomic mass is 28.4. The SMILES string of the molecule is CCO[Si](CCCCCF)(OCC)OCC. The molecule has 5 heteroatoms. The first-order valence-corrected chi connectivity index (χ1v) is 8.15. The van der Waals surface area contributed by atoms with Gasteiger partial charge < -0.3 is 13.3 Å². The van der Waals surface area contributed by atoms with Crippen molar-refractivity contribution >= 4 is 8.80 Å². The van der Waals surface area contributed by atoms with E-state index in [4.69, 9.17) is 13.3 Å². The summed E-state index contributed by atoms with van der Waals surface area (Å²) < 4.78 is 29.0. The second-order valence-electron chi connectivity index (χ2n) is 3.48. The quantitative estimate of drug-likeness (QED) is 0.417. The molecule has 0 unspecified atom stereocenters. The molecule has 0 aromatic carbocycles. The minimum atomic E-state index is -2.47. The van der Waals surface area contributed by atoms with Crippen molar-refractivity contribution < 1.29 is 17.7 Å². The topological polar surface area (TPSA) is 27.7 Å². The first kappa shape index (κ1) is 16.0. The van der Waals surface area contributed by atoms with Gasteiger partial charge in [-0.25, -0.2) is 0 Å². The Morgan fingerprint density at radius 1 is 0.812 bits per heavy atom. The lowest BCUT2D eigenvalue weighted by Gasteiger charge is -2.28. The summed E-state index contributed by atoms with van der Waals surface area (Å²) in [6.45, 7) is 7.41. The summed E-state index contributed by atoms with van der Waals surface area (Å²) >= 11 is 0. The van der Waals surface area contributed by atoms with E-state index in [1.807, 2.05) is 20.8 Å². The third kappa shape index (κ3) is 6.58. The summed E-state index contributed by atoms with van der Waals surface area (Å²) in [6.07, 6.45) is 2.41. The molecular formula is C11H25FO3Si. The van der Waals surface area contributed by atoms with Gasteiger partial charge in [-0.15, -0.1) is 0 Å². The van der Waals surface area contributed by atoms with E-state index in [9.17, 15) is 4.39 Å². The molecule has 0 atom stereocenters. The van der Waals surface area contributed by atoms with Crippen LogP contribution in [0.1, 0.15) is 40.0 Å². The molecule has 0 aromatic rings. The monoisotopic (exact) mass is 252 g/mol. The lowest BCUT2D eigenvalue weighted by atomic mass is 10.3. The molecule has 0 N–H and O–H groups in total. The van der Waals surface area contributed by atoms with Gasteiger partial charge in [0.05, 0.1) is 6.67 Å². The molecular weight excluding hydrogens is 227 g/mol. The molecule has 0 radical (unpaired) electrons. The van der Waals surface area contributed by atoms with Gasteiger partial charge in [0.25, 0.3) is 0 Å². The van der Waals surface area contributed by atoms with Crippen LogP contribution in [0.3, 0.4) is 0 Å². The van der Waals surface area contributed by atoms with E-state index >= 15 is 0 Å². The largest absolute Gasteiger partial charge is 0.500 e. The number of hydrogen-bond donors (Lipinski definition) is 0. The van der Waals surface area contributed by atoms with Gasteiger partial charge >= 0.3 is 8.80 Å². The average molecular weight is 252 g/mol. The smallest absolute Gasteiger partial charge is 0.374 e. The van der Waals surface area contributed by atoms with Crippen molar-refractivity contribution in [2.24, 2.45) is 0 Å². The molecule has 0 spiro atoms. The predicted octanol–water partition coefficient (Wildman–Crippen LogP) is 3.17. The van der Waals surface area contributed by atoms with Crippen LogP contribution in [0.25, 0.3) is 0 Å². The fraction of sp³-hybridized carbons (Fsp3) is 1.00. The maximum atomic E-state index is 12.0. The molecule has 98 valence electrons. The second kappa shape index (κ2) is 10.2. The van der Waals surface area contributed by atoms with Crippen LogP contribution in [0, 0.1) is 0 Å². The van der Waals surface area contributed by atoms with Crippen molar-refractivity contribution in [3.63, 3.8) is 0 Å². The van der Waals surface area contributed by atoms with E-state index in [1.165, 1.54) is 0 Å². The molecule has 0 saturated carbocycles. The van der Waals surface area contributed by atoms with Crippen LogP contribution in [0.4, 0.5) is 4.39 Å². The molecule has 0 saturated heterocycles. The minimum absolute atomic E-state index is 0.244. The fourth-order valence-corrected chi connectivity index (χ4v) is 4.30. The first-order valence-electron chi connectivity index (χ1n) is 6.22. The van der Waals surface area contributed by atoms with Crippen LogP contribution in [-0.4, -0.2) is 35.3 Å². The fourth-order valence-electron chi connectivity index (χ4n) is 1.61. The zero-order valence-electron chi connectivity index (χ0n) is 10.8. The van der Waals surface area contributed by atoms with Gasteiger partial charge in [-0.1, -0.05) is 6.42 Å². The lowest BCUT2D eigenvalue weighted by Crippen LogP contribution is -2.45. The molecule has 0 aliphatic rings. The Balaban J connectivity index is 4.12. The van der Waals surface area contributed by atoms with Gasteiger partial charge in [0, 0.05) is 25.9 Å². The van der Waals surface area contributed by atoms with Crippen molar-refractivity contribution in [3.05, 3.63) is 0 Å². The highest BCUT2D eigenvalue weighted by Gasteiger charge is 2.39. The van der Waals surface area contributed by atoms with Crippen molar-refractivity contribution in [1.82, 2.24) is 0 Å². The third-order valence-corrected chi connectivity index (χ3v) is 5.36. The van der Waals surface area contributed by atoms with E-state index in [-0.39, 0.29) is 6.67 Å². The van der Waals surface area contributed by atoms with E-state index < -0.39 is 8.80 Å². The summed E-state index contributed by atoms with van der Waals surface area (Å²) in [7, 11) is -2.47. The van der Waals surface area contributed by atoms with Gasteiger partial charge in [0.2, 0.25) is 0 Å². The number of rotatable bonds is 11. The summed E-state index contributed by atoms with van der Waals surface area (Å²) in [5, 5.41) is 0.